The zero-order valence-corrected chi connectivity index (χ0v) is 10.1. The summed E-state index contributed by atoms with van der Waals surface area (Å²) in [5.41, 5.74) is 1.10. The lowest BCUT2D eigenvalue weighted by Gasteiger charge is -2.22. The van der Waals surface area contributed by atoms with Gasteiger partial charge in [0.15, 0.2) is 0 Å². The van der Waals surface area contributed by atoms with Crippen LogP contribution in [0.5, 0.6) is 0 Å². The van der Waals surface area contributed by atoms with Crippen molar-refractivity contribution in [2.75, 3.05) is 13.7 Å². The first-order valence-electron chi connectivity index (χ1n) is 5.34. The quantitative estimate of drug-likeness (QED) is 0.773. The van der Waals surface area contributed by atoms with Crippen LogP contribution in [0.1, 0.15) is 26.3 Å². The van der Waals surface area contributed by atoms with E-state index in [0.717, 1.165) is 19.6 Å². The summed E-state index contributed by atoms with van der Waals surface area (Å²) in [6.07, 6.45) is 3.96. The zero-order chi connectivity index (χ0) is 11.3. The Labute approximate surface area is 91.6 Å². The van der Waals surface area contributed by atoms with Crippen molar-refractivity contribution >= 4 is 0 Å². The molecule has 0 aromatic carbocycles. The lowest BCUT2D eigenvalue weighted by molar-refractivity contribution is 0.0230. The molecular weight excluding hydrogens is 190 g/mol. The molecule has 1 aromatic heterocycles. The number of nitrogens with zero attached hydrogens (tertiary/aromatic N) is 2. The minimum atomic E-state index is -0.110. The van der Waals surface area contributed by atoms with Gasteiger partial charge in [0.1, 0.15) is 0 Å². The van der Waals surface area contributed by atoms with Gasteiger partial charge in [0.05, 0.1) is 11.8 Å². The van der Waals surface area contributed by atoms with Crippen molar-refractivity contribution in [3.8, 4) is 0 Å². The summed E-state index contributed by atoms with van der Waals surface area (Å²) in [5.74, 6) is 0. The summed E-state index contributed by atoms with van der Waals surface area (Å²) >= 11 is 0. The van der Waals surface area contributed by atoms with Crippen LogP contribution in [-0.4, -0.2) is 29.0 Å². The van der Waals surface area contributed by atoms with Crippen LogP contribution >= 0.6 is 0 Å². The molecule has 0 bridgehead atoms. The van der Waals surface area contributed by atoms with Gasteiger partial charge >= 0.3 is 0 Å². The van der Waals surface area contributed by atoms with E-state index in [9.17, 15) is 0 Å². The lowest BCUT2D eigenvalue weighted by Crippen LogP contribution is -2.36. The number of hydrogen-bond acceptors (Lipinski definition) is 3. The van der Waals surface area contributed by atoms with Crippen LogP contribution in [0, 0.1) is 0 Å². The van der Waals surface area contributed by atoms with Crippen LogP contribution in [0.4, 0.5) is 0 Å². The third-order valence-electron chi connectivity index (χ3n) is 2.44. The highest BCUT2D eigenvalue weighted by molar-refractivity contribution is 5.03. The highest BCUT2D eigenvalue weighted by Crippen LogP contribution is 2.05. The van der Waals surface area contributed by atoms with Gasteiger partial charge in [-0.2, -0.15) is 5.10 Å². The molecule has 0 atom stereocenters. The van der Waals surface area contributed by atoms with Gasteiger partial charge in [-0.3, -0.25) is 4.68 Å². The average molecular weight is 211 g/mol. The first-order chi connectivity index (χ1) is 7.07. The predicted octanol–water partition coefficient (Wildman–Crippen LogP) is 1.42. The molecule has 4 nitrogen and oxygen atoms in total. The standard InChI is InChI=1S/C11H21N3O/c1-5-14-8-10(7-13-14)6-12-9-11(2,3)15-4/h7-8,12H,5-6,9H2,1-4H3. The van der Waals surface area contributed by atoms with Crippen molar-refractivity contribution < 1.29 is 4.74 Å². The van der Waals surface area contributed by atoms with E-state index >= 15 is 0 Å². The van der Waals surface area contributed by atoms with Crippen molar-refractivity contribution in [2.45, 2.75) is 39.5 Å². The molecule has 0 fully saturated rings. The third kappa shape index (κ3) is 4.01. The summed E-state index contributed by atoms with van der Waals surface area (Å²) in [6, 6.07) is 0. The molecular formula is C11H21N3O. The van der Waals surface area contributed by atoms with E-state index < -0.39 is 0 Å². The summed E-state index contributed by atoms with van der Waals surface area (Å²) in [5, 5.41) is 7.57. The Morgan fingerprint density at radius 3 is 2.80 bits per heavy atom. The van der Waals surface area contributed by atoms with Crippen LogP contribution in [-0.2, 0) is 17.8 Å². The number of rotatable bonds is 6. The first kappa shape index (κ1) is 12.2. The highest BCUT2D eigenvalue weighted by Gasteiger charge is 2.15. The SMILES string of the molecule is CCn1cc(CNCC(C)(C)OC)cn1. The molecule has 1 N–H and O–H groups in total. The Morgan fingerprint density at radius 1 is 1.53 bits per heavy atom. The zero-order valence-electron chi connectivity index (χ0n) is 10.1. The van der Waals surface area contributed by atoms with Crippen molar-refractivity contribution in [3.05, 3.63) is 18.0 Å². The molecule has 0 spiro atoms. The Hall–Kier alpha value is -0.870. The van der Waals surface area contributed by atoms with Crippen LogP contribution in [0.3, 0.4) is 0 Å². The fourth-order valence-corrected chi connectivity index (χ4v) is 1.25. The maximum Gasteiger partial charge on any atom is 0.0746 e. The number of hydrogen-bond donors (Lipinski definition) is 1. The van der Waals surface area contributed by atoms with Crippen LogP contribution in [0.15, 0.2) is 12.4 Å². The monoisotopic (exact) mass is 211 g/mol. The first-order valence-corrected chi connectivity index (χ1v) is 5.34. The number of aryl methyl sites for hydroxylation is 1. The Balaban J connectivity index is 2.31. The molecule has 0 aliphatic rings. The number of aromatic nitrogens is 2. The van der Waals surface area contributed by atoms with E-state index in [1.165, 1.54) is 5.56 Å². The maximum absolute atomic E-state index is 5.32. The summed E-state index contributed by atoms with van der Waals surface area (Å²) < 4.78 is 7.25. The Morgan fingerprint density at radius 2 is 2.27 bits per heavy atom. The van der Waals surface area contributed by atoms with Crippen molar-refractivity contribution in [1.29, 1.82) is 0 Å². The van der Waals surface area contributed by atoms with Crippen LogP contribution in [0.2, 0.25) is 0 Å². The normalized spacial score (nSPS) is 12.0. The van der Waals surface area contributed by atoms with E-state index in [1.54, 1.807) is 7.11 Å². The molecule has 0 amide bonds. The van der Waals surface area contributed by atoms with E-state index in [4.69, 9.17) is 4.74 Å². The maximum atomic E-state index is 5.32. The van der Waals surface area contributed by atoms with E-state index in [-0.39, 0.29) is 5.60 Å². The van der Waals surface area contributed by atoms with Gasteiger partial charge in [0, 0.05) is 38.5 Å². The third-order valence-corrected chi connectivity index (χ3v) is 2.44. The number of nitrogens with one attached hydrogen (secondary N) is 1. The fourth-order valence-electron chi connectivity index (χ4n) is 1.25. The summed E-state index contributed by atoms with van der Waals surface area (Å²) in [4.78, 5) is 0. The number of methoxy groups -OCH3 is 1. The van der Waals surface area contributed by atoms with Gasteiger partial charge in [-0.15, -0.1) is 0 Å². The molecule has 86 valence electrons. The van der Waals surface area contributed by atoms with E-state index in [2.05, 4.69) is 37.4 Å². The molecule has 0 radical (unpaired) electrons. The Kier molecular flexibility index (Phi) is 4.29. The molecule has 1 rings (SSSR count). The van der Waals surface area contributed by atoms with Gasteiger partial charge in [0.2, 0.25) is 0 Å². The van der Waals surface area contributed by atoms with Gasteiger partial charge in [0.25, 0.3) is 0 Å². The largest absolute Gasteiger partial charge is 0.377 e. The molecule has 0 aliphatic heterocycles. The molecule has 15 heavy (non-hydrogen) atoms. The van der Waals surface area contributed by atoms with Crippen molar-refractivity contribution in [3.63, 3.8) is 0 Å². The van der Waals surface area contributed by atoms with Crippen LogP contribution < -0.4 is 5.32 Å². The van der Waals surface area contributed by atoms with Crippen molar-refractivity contribution in [1.82, 2.24) is 15.1 Å². The number of ether oxygens (including phenoxy) is 1. The topological polar surface area (TPSA) is 39.1 Å². The minimum absolute atomic E-state index is 0.110. The van der Waals surface area contributed by atoms with Crippen molar-refractivity contribution in [2.24, 2.45) is 0 Å². The summed E-state index contributed by atoms with van der Waals surface area (Å²) in [7, 11) is 1.73. The Bertz CT molecular complexity index is 294. The molecule has 0 saturated carbocycles. The highest BCUT2D eigenvalue weighted by atomic mass is 16.5. The molecule has 0 aliphatic carbocycles. The predicted molar refractivity (Wildman–Crippen MR) is 60.7 cm³/mol. The second-order valence-corrected chi connectivity index (χ2v) is 4.27. The van der Waals surface area contributed by atoms with E-state index in [1.807, 2.05) is 10.9 Å². The van der Waals surface area contributed by atoms with Gasteiger partial charge < -0.3 is 10.1 Å². The lowest BCUT2D eigenvalue weighted by atomic mass is 10.1. The molecule has 1 aromatic rings. The van der Waals surface area contributed by atoms with Gasteiger partial charge in [-0.05, 0) is 20.8 Å². The van der Waals surface area contributed by atoms with E-state index in [0.29, 0.717) is 0 Å². The molecule has 1 heterocycles. The van der Waals surface area contributed by atoms with Gasteiger partial charge in [-0.25, -0.2) is 0 Å². The average Bonchev–Trinajstić information content (AvgIpc) is 2.66. The molecule has 0 unspecified atom stereocenters. The van der Waals surface area contributed by atoms with Crippen LogP contribution in [0.25, 0.3) is 0 Å². The smallest absolute Gasteiger partial charge is 0.0746 e. The summed E-state index contributed by atoms with van der Waals surface area (Å²) in [6.45, 7) is 8.81. The second kappa shape index (κ2) is 5.28. The fraction of sp³-hybridized carbons (Fsp3) is 0.727. The molecule has 4 heteroatoms. The van der Waals surface area contributed by atoms with Gasteiger partial charge in [-0.1, -0.05) is 0 Å². The molecule has 0 saturated heterocycles. The minimum Gasteiger partial charge on any atom is -0.377 e. The second-order valence-electron chi connectivity index (χ2n) is 4.27.